The molecule has 0 unspecified atom stereocenters. The Morgan fingerprint density at radius 2 is 1.77 bits per heavy atom. The molecule has 158 valence electrons. The fourth-order valence-corrected chi connectivity index (χ4v) is 3.29. The summed E-state index contributed by atoms with van der Waals surface area (Å²) < 4.78 is 0. The number of carboxylic acids is 1. The average Bonchev–Trinajstić information content (AvgIpc) is 2.77. The van der Waals surface area contributed by atoms with Gasteiger partial charge in [-0.3, -0.25) is 14.6 Å². The van der Waals surface area contributed by atoms with Crippen LogP contribution in [0.5, 0.6) is 0 Å². The first kappa shape index (κ1) is 22.2. The molecule has 0 aliphatic heterocycles. The Hall–Kier alpha value is -3.44. The van der Waals surface area contributed by atoms with Gasteiger partial charge in [-0.05, 0) is 59.9 Å². The highest BCUT2D eigenvalue weighted by Gasteiger charge is 2.09. The molecule has 3 rings (SSSR count). The molecule has 1 aromatic heterocycles. The maximum Gasteiger partial charge on any atom is 0.303 e. The van der Waals surface area contributed by atoms with Crippen LogP contribution in [-0.4, -0.2) is 22.0 Å². The van der Waals surface area contributed by atoms with E-state index in [1.54, 1.807) is 12.4 Å². The highest BCUT2D eigenvalue weighted by Crippen LogP contribution is 2.26. The molecular formula is C25H23ClN2O3. The fraction of sp³-hybridized carbons (Fsp3) is 0.160. The summed E-state index contributed by atoms with van der Waals surface area (Å²) >= 11 is 5.90. The largest absolute Gasteiger partial charge is 0.481 e. The van der Waals surface area contributed by atoms with Crippen LogP contribution in [0.1, 0.15) is 36.0 Å². The van der Waals surface area contributed by atoms with Crippen molar-refractivity contribution in [3.63, 3.8) is 0 Å². The number of aliphatic carboxylic acids is 1. The topological polar surface area (TPSA) is 79.3 Å². The third-order valence-corrected chi connectivity index (χ3v) is 4.94. The molecular weight excluding hydrogens is 412 g/mol. The zero-order valence-electron chi connectivity index (χ0n) is 16.9. The van der Waals surface area contributed by atoms with Crippen molar-refractivity contribution in [2.45, 2.75) is 25.7 Å². The number of anilines is 1. The first-order valence-corrected chi connectivity index (χ1v) is 10.4. The molecule has 31 heavy (non-hydrogen) atoms. The lowest BCUT2D eigenvalue weighted by molar-refractivity contribution is -0.136. The number of carbonyl (C=O) groups excluding carboxylic acids is 1. The maximum absolute atomic E-state index is 12.4. The van der Waals surface area contributed by atoms with Crippen LogP contribution < -0.4 is 5.32 Å². The molecule has 6 heteroatoms. The van der Waals surface area contributed by atoms with Gasteiger partial charge < -0.3 is 10.4 Å². The van der Waals surface area contributed by atoms with Crippen LogP contribution in [0, 0.1) is 0 Å². The second-order valence-electron chi connectivity index (χ2n) is 7.05. The summed E-state index contributed by atoms with van der Waals surface area (Å²) in [6, 6.07) is 18.7. The lowest BCUT2D eigenvalue weighted by atomic mass is 9.97. The molecule has 0 radical (unpaired) electrons. The van der Waals surface area contributed by atoms with Gasteiger partial charge in [-0.2, -0.15) is 0 Å². The Morgan fingerprint density at radius 3 is 2.48 bits per heavy atom. The number of aryl methyl sites for hydroxylation is 1. The molecule has 0 aliphatic rings. The molecule has 0 atom stereocenters. The minimum atomic E-state index is -0.844. The Balaban J connectivity index is 1.72. The SMILES string of the molecule is O=C(O)CCC=C(c1cccnc1)c1cccc(NC(=O)CCc2ccc(Cl)cc2)c1. The average molecular weight is 435 g/mol. The van der Waals surface area contributed by atoms with Crippen molar-refractivity contribution in [1.29, 1.82) is 0 Å². The molecule has 1 amide bonds. The zero-order chi connectivity index (χ0) is 22.1. The van der Waals surface area contributed by atoms with Gasteiger partial charge in [0.05, 0.1) is 0 Å². The van der Waals surface area contributed by atoms with E-state index < -0.39 is 5.97 Å². The molecule has 0 spiro atoms. The highest BCUT2D eigenvalue weighted by atomic mass is 35.5. The number of carboxylic acid groups (broad SMARTS) is 1. The van der Waals surface area contributed by atoms with Crippen LogP contribution in [0.3, 0.4) is 0 Å². The normalized spacial score (nSPS) is 11.2. The minimum Gasteiger partial charge on any atom is -0.481 e. The first-order valence-electron chi connectivity index (χ1n) is 9.98. The molecule has 0 saturated carbocycles. The van der Waals surface area contributed by atoms with E-state index in [4.69, 9.17) is 16.7 Å². The van der Waals surface area contributed by atoms with Crippen molar-refractivity contribution < 1.29 is 14.7 Å². The second kappa shape index (κ2) is 11.1. The molecule has 0 fully saturated rings. The number of hydrogen-bond donors (Lipinski definition) is 2. The summed E-state index contributed by atoms with van der Waals surface area (Å²) in [6.45, 7) is 0. The number of aromatic nitrogens is 1. The standard InChI is InChI=1S/C25H23ClN2O3/c26-21-12-9-18(10-13-21)11-14-24(29)28-22-6-1-4-19(16-22)23(7-2-8-25(30)31)20-5-3-15-27-17-20/h1,3-7,9-10,12-13,15-17H,2,8,11,14H2,(H,28,29)(H,30,31). The van der Waals surface area contributed by atoms with E-state index in [-0.39, 0.29) is 12.3 Å². The maximum atomic E-state index is 12.4. The number of amides is 1. The lowest BCUT2D eigenvalue weighted by Crippen LogP contribution is -2.12. The molecule has 2 aromatic carbocycles. The summed E-state index contributed by atoms with van der Waals surface area (Å²) in [6.07, 6.45) is 6.75. The summed E-state index contributed by atoms with van der Waals surface area (Å²) in [5.74, 6) is -0.923. The van der Waals surface area contributed by atoms with E-state index in [9.17, 15) is 9.59 Å². The van der Waals surface area contributed by atoms with E-state index in [0.717, 1.165) is 22.3 Å². The van der Waals surface area contributed by atoms with Gasteiger partial charge in [0.25, 0.3) is 0 Å². The molecule has 2 N–H and O–H groups in total. The van der Waals surface area contributed by atoms with Gasteiger partial charge in [-0.15, -0.1) is 0 Å². The Labute approximate surface area is 186 Å². The Kier molecular flexibility index (Phi) is 7.96. The number of halogens is 1. The van der Waals surface area contributed by atoms with Gasteiger partial charge in [0.1, 0.15) is 0 Å². The number of rotatable bonds is 9. The van der Waals surface area contributed by atoms with Crippen LogP contribution in [0.2, 0.25) is 5.02 Å². The number of hydrogen-bond acceptors (Lipinski definition) is 3. The van der Waals surface area contributed by atoms with Crippen LogP contribution >= 0.6 is 11.6 Å². The number of carbonyl (C=O) groups is 2. The number of benzene rings is 2. The molecule has 1 heterocycles. The van der Waals surface area contributed by atoms with Gasteiger partial charge in [-0.25, -0.2) is 0 Å². The van der Waals surface area contributed by atoms with Crippen molar-refractivity contribution in [3.05, 3.63) is 101 Å². The fourth-order valence-electron chi connectivity index (χ4n) is 3.16. The van der Waals surface area contributed by atoms with Crippen LogP contribution in [0.25, 0.3) is 5.57 Å². The van der Waals surface area contributed by atoms with Gasteiger partial charge in [0, 0.05) is 41.5 Å². The lowest BCUT2D eigenvalue weighted by Gasteiger charge is -2.11. The van der Waals surface area contributed by atoms with Gasteiger partial charge in [-0.1, -0.05) is 48.0 Å². The number of nitrogens with zero attached hydrogens (tertiary/aromatic N) is 1. The number of allylic oxidation sites excluding steroid dienone is 1. The van der Waals surface area contributed by atoms with Crippen LogP contribution in [-0.2, 0) is 16.0 Å². The van der Waals surface area contributed by atoms with E-state index in [0.29, 0.717) is 30.0 Å². The predicted molar refractivity (Wildman–Crippen MR) is 123 cm³/mol. The molecule has 3 aromatic rings. The van der Waals surface area contributed by atoms with Crippen LogP contribution in [0.15, 0.2) is 79.1 Å². The van der Waals surface area contributed by atoms with E-state index in [1.165, 1.54) is 0 Å². The van der Waals surface area contributed by atoms with Crippen molar-refractivity contribution in [2.24, 2.45) is 0 Å². The van der Waals surface area contributed by atoms with Crippen molar-refractivity contribution in [3.8, 4) is 0 Å². The second-order valence-corrected chi connectivity index (χ2v) is 7.48. The van der Waals surface area contributed by atoms with Crippen molar-refractivity contribution in [2.75, 3.05) is 5.32 Å². The van der Waals surface area contributed by atoms with E-state index in [1.807, 2.05) is 66.7 Å². The Morgan fingerprint density at radius 1 is 1.00 bits per heavy atom. The first-order chi connectivity index (χ1) is 15.0. The van der Waals surface area contributed by atoms with Gasteiger partial charge >= 0.3 is 5.97 Å². The third kappa shape index (κ3) is 7.08. The molecule has 0 aliphatic carbocycles. The summed E-state index contributed by atoms with van der Waals surface area (Å²) in [5.41, 5.74) is 4.39. The van der Waals surface area contributed by atoms with Gasteiger partial charge in [0.2, 0.25) is 5.91 Å². The van der Waals surface area contributed by atoms with Crippen molar-refractivity contribution >= 4 is 34.7 Å². The Bertz CT molecular complexity index is 1060. The summed E-state index contributed by atoms with van der Waals surface area (Å²) in [5, 5.41) is 12.6. The van der Waals surface area contributed by atoms with E-state index >= 15 is 0 Å². The number of pyridine rings is 1. The van der Waals surface area contributed by atoms with Crippen molar-refractivity contribution in [1.82, 2.24) is 4.98 Å². The zero-order valence-corrected chi connectivity index (χ0v) is 17.7. The highest BCUT2D eigenvalue weighted by molar-refractivity contribution is 6.30. The van der Waals surface area contributed by atoms with Crippen LogP contribution in [0.4, 0.5) is 5.69 Å². The molecule has 0 saturated heterocycles. The number of nitrogens with one attached hydrogen (secondary N) is 1. The minimum absolute atomic E-state index is 0.0465. The third-order valence-electron chi connectivity index (χ3n) is 4.69. The summed E-state index contributed by atoms with van der Waals surface area (Å²) in [7, 11) is 0. The quantitative estimate of drug-likeness (QED) is 0.459. The molecule has 0 bridgehead atoms. The monoisotopic (exact) mass is 434 g/mol. The smallest absolute Gasteiger partial charge is 0.303 e. The predicted octanol–water partition coefficient (Wildman–Crippen LogP) is 5.60. The van der Waals surface area contributed by atoms with Gasteiger partial charge in [0.15, 0.2) is 0 Å². The summed E-state index contributed by atoms with van der Waals surface area (Å²) in [4.78, 5) is 27.5. The molecule has 5 nitrogen and oxygen atoms in total. The van der Waals surface area contributed by atoms with E-state index in [2.05, 4.69) is 10.3 Å².